The summed E-state index contributed by atoms with van der Waals surface area (Å²) in [5.74, 6) is 4.31. The monoisotopic (exact) mass is 518 g/mol. The lowest BCUT2D eigenvalue weighted by Crippen LogP contribution is -2.63. The van der Waals surface area contributed by atoms with E-state index in [-0.39, 0.29) is 11.5 Å². The number of ether oxygens (including phenoxy) is 3. The summed E-state index contributed by atoms with van der Waals surface area (Å²) in [5.41, 5.74) is 0.569. The van der Waals surface area contributed by atoms with Crippen molar-refractivity contribution in [1.29, 1.82) is 0 Å². The Morgan fingerprint density at radius 2 is 1.78 bits per heavy atom. The number of carbonyl (C=O) groups is 2. The van der Waals surface area contributed by atoms with E-state index in [0.29, 0.717) is 60.1 Å². The highest BCUT2D eigenvalue weighted by Crippen LogP contribution is 2.71. The molecule has 5 unspecified atom stereocenters. The van der Waals surface area contributed by atoms with Gasteiger partial charge in [0.2, 0.25) is 0 Å². The van der Waals surface area contributed by atoms with Crippen LogP contribution in [-0.2, 0) is 23.8 Å². The Morgan fingerprint density at radius 1 is 1.05 bits per heavy atom. The zero-order valence-electron chi connectivity index (χ0n) is 24.8. The zero-order chi connectivity index (χ0) is 27.1. The van der Waals surface area contributed by atoms with Crippen molar-refractivity contribution >= 4 is 12.3 Å². The minimum absolute atomic E-state index is 0.183. The maximum atomic E-state index is 12.2. The fourth-order valence-corrected chi connectivity index (χ4v) is 10.8. The molecule has 4 rings (SSSR count). The van der Waals surface area contributed by atoms with Crippen LogP contribution in [0.2, 0.25) is 0 Å². The number of fused-ring (bicyclic) bond motifs is 5. The van der Waals surface area contributed by atoms with Gasteiger partial charge in [0.25, 0.3) is 0 Å². The maximum Gasteiger partial charge on any atom is 0.315 e. The molecule has 0 saturated heterocycles. The molecule has 4 aliphatic carbocycles. The number of hydrogen-bond acceptors (Lipinski definition) is 5. The normalized spacial score (nSPS) is 46.8. The van der Waals surface area contributed by atoms with E-state index in [1.54, 1.807) is 7.11 Å². The SMILES string of the molecule is CC[C@H]1C(OCOC)C2C3CC[C@H]([C@H](C)CC(C=O)C(=O)OC)[C@@]3(C)[C@@H](C)CC2[C@@]2(C)CC[C@@H](C)C[C@@H]12. The average molecular weight is 519 g/mol. The van der Waals surface area contributed by atoms with Crippen LogP contribution >= 0.6 is 0 Å². The van der Waals surface area contributed by atoms with Gasteiger partial charge < -0.3 is 19.0 Å². The summed E-state index contributed by atoms with van der Waals surface area (Å²) in [5, 5.41) is 0. The van der Waals surface area contributed by atoms with Crippen LogP contribution in [-0.4, -0.2) is 39.4 Å². The molecule has 4 fully saturated rings. The predicted octanol–water partition coefficient (Wildman–Crippen LogP) is 6.78. The van der Waals surface area contributed by atoms with Gasteiger partial charge in [-0.25, -0.2) is 0 Å². The molecule has 0 aromatic carbocycles. The first-order valence-corrected chi connectivity index (χ1v) is 15.2. The molecule has 0 radical (unpaired) electrons. The Balaban J connectivity index is 1.69. The second-order valence-electron chi connectivity index (χ2n) is 14.1. The van der Waals surface area contributed by atoms with Gasteiger partial charge in [0.15, 0.2) is 0 Å². The first-order valence-electron chi connectivity index (χ1n) is 15.2. The fraction of sp³-hybridized carbons (Fsp3) is 0.938. The Labute approximate surface area is 226 Å². The lowest BCUT2D eigenvalue weighted by atomic mass is 9.39. The Morgan fingerprint density at radius 3 is 2.41 bits per heavy atom. The number of aldehydes is 1. The number of carbonyl (C=O) groups excluding carboxylic acids is 2. The van der Waals surface area contributed by atoms with Crippen molar-refractivity contribution in [3.8, 4) is 0 Å². The van der Waals surface area contributed by atoms with Crippen molar-refractivity contribution in [3.05, 3.63) is 0 Å². The molecule has 0 N–H and O–H groups in total. The van der Waals surface area contributed by atoms with Crippen LogP contribution in [0.5, 0.6) is 0 Å². The van der Waals surface area contributed by atoms with Gasteiger partial charge in [0.05, 0.1) is 13.2 Å². The Hall–Kier alpha value is -0.940. The van der Waals surface area contributed by atoms with E-state index in [4.69, 9.17) is 14.2 Å². The fourth-order valence-electron chi connectivity index (χ4n) is 10.8. The van der Waals surface area contributed by atoms with E-state index >= 15 is 0 Å². The quantitative estimate of drug-likeness (QED) is 0.146. The molecular weight excluding hydrogens is 464 g/mol. The minimum atomic E-state index is -0.657. The minimum Gasteiger partial charge on any atom is -0.468 e. The molecule has 0 spiro atoms. The van der Waals surface area contributed by atoms with Crippen LogP contribution in [0.3, 0.4) is 0 Å². The second-order valence-corrected chi connectivity index (χ2v) is 14.1. The molecular formula is C32H54O5. The zero-order valence-corrected chi connectivity index (χ0v) is 24.8. The van der Waals surface area contributed by atoms with E-state index < -0.39 is 11.9 Å². The van der Waals surface area contributed by atoms with Gasteiger partial charge in [0.1, 0.15) is 19.0 Å². The molecule has 0 amide bonds. The van der Waals surface area contributed by atoms with Crippen molar-refractivity contribution in [2.24, 2.45) is 70.0 Å². The van der Waals surface area contributed by atoms with Gasteiger partial charge in [0, 0.05) is 7.11 Å². The lowest BCUT2D eigenvalue weighted by Gasteiger charge is -2.67. The van der Waals surface area contributed by atoms with E-state index in [2.05, 4.69) is 41.5 Å². The van der Waals surface area contributed by atoms with Gasteiger partial charge in [-0.2, -0.15) is 0 Å². The molecule has 212 valence electrons. The van der Waals surface area contributed by atoms with E-state index in [9.17, 15) is 9.59 Å². The standard InChI is InChI=1S/C32H54O5/c1-9-23-26-14-19(2)12-13-31(26,5)27-16-21(4)32(6)24(20(3)15-22(17-33)30(34)36-8)10-11-25(32)28(27)29(23)37-18-35-7/h17,19-29H,9-16,18H2,1-8H3/t19-,20-,21+,22?,23-,24-,25?,26+,27?,28?,29?,31+,32-/m1/s1. The van der Waals surface area contributed by atoms with Crippen LogP contribution in [0, 0.1) is 70.0 Å². The van der Waals surface area contributed by atoms with E-state index in [1.165, 1.54) is 52.1 Å². The third-order valence-electron chi connectivity index (χ3n) is 12.7. The third-order valence-corrected chi connectivity index (χ3v) is 12.7. The lowest BCUT2D eigenvalue weighted by molar-refractivity contribution is -0.240. The molecule has 0 aromatic heterocycles. The highest BCUT2D eigenvalue weighted by Gasteiger charge is 2.67. The number of rotatable bonds is 9. The van der Waals surface area contributed by atoms with Crippen molar-refractivity contribution in [2.45, 2.75) is 99.0 Å². The van der Waals surface area contributed by atoms with Gasteiger partial charge in [-0.05, 0) is 103 Å². The average Bonchev–Trinajstić information content (AvgIpc) is 3.25. The van der Waals surface area contributed by atoms with Gasteiger partial charge in [-0.15, -0.1) is 0 Å². The highest BCUT2D eigenvalue weighted by atomic mass is 16.7. The summed E-state index contributed by atoms with van der Waals surface area (Å²) in [6.07, 6.45) is 10.5. The summed E-state index contributed by atoms with van der Waals surface area (Å²) in [4.78, 5) is 24.0. The van der Waals surface area contributed by atoms with Crippen molar-refractivity contribution < 1.29 is 23.8 Å². The summed E-state index contributed by atoms with van der Waals surface area (Å²) < 4.78 is 17.2. The van der Waals surface area contributed by atoms with E-state index in [0.717, 1.165) is 18.1 Å². The molecule has 4 saturated carbocycles. The van der Waals surface area contributed by atoms with Crippen molar-refractivity contribution in [3.63, 3.8) is 0 Å². The topological polar surface area (TPSA) is 61.8 Å². The number of methoxy groups -OCH3 is 2. The second kappa shape index (κ2) is 11.3. The molecule has 4 aliphatic rings. The summed E-state index contributed by atoms with van der Waals surface area (Å²) >= 11 is 0. The van der Waals surface area contributed by atoms with E-state index in [1.807, 2.05) is 0 Å². The molecule has 0 bridgehead atoms. The molecule has 0 heterocycles. The summed E-state index contributed by atoms with van der Waals surface area (Å²) in [7, 11) is 3.13. The van der Waals surface area contributed by atoms with Crippen LogP contribution in [0.15, 0.2) is 0 Å². The molecule has 13 atom stereocenters. The molecule has 0 aliphatic heterocycles. The number of hydrogen-bond donors (Lipinski definition) is 0. The number of esters is 1. The molecule has 37 heavy (non-hydrogen) atoms. The van der Waals surface area contributed by atoms with Gasteiger partial charge in [-0.3, -0.25) is 4.79 Å². The molecule has 5 nitrogen and oxygen atoms in total. The summed E-state index contributed by atoms with van der Waals surface area (Å²) in [6.45, 7) is 15.2. The van der Waals surface area contributed by atoms with Crippen molar-refractivity contribution in [2.75, 3.05) is 21.0 Å². The molecule has 0 aromatic rings. The van der Waals surface area contributed by atoms with Crippen LogP contribution in [0.1, 0.15) is 92.9 Å². The first kappa shape index (κ1) is 29.1. The Kier molecular flexibility index (Phi) is 8.85. The predicted molar refractivity (Wildman–Crippen MR) is 146 cm³/mol. The van der Waals surface area contributed by atoms with Crippen LogP contribution in [0.25, 0.3) is 0 Å². The largest absolute Gasteiger partial charge is 0.468 e. The first-order chi connectivity index (χ1) is 17.6. The van der Waals surface area contributed by atoms with Crippen LogP contribution in [0.4, 0.5) is 0 Å². The van der Waals surface area contributed by atoms with Gasteiger partial charge in [-0.1, -0.05) is 54.4 Å². The summed E-state index contributed by atoms with van der Waals surface area (Å²) in [6, 6.07) is 0. The Bertz CT molecular complexity index is 813. The van der Waals surface area contributed by atoms with Crippen molar-refractivity contribution in [1.82, 2.24) is 0 Å². The highest BCUT2D eigenvalue weighted by molar-refractivity contribution is 5.87. The maximum absolute atomic E-state index is 12.2. The smallest absolute Gasteiger partial charge is 0.315 e. The third kappa shape index (κ3) is 4.72. The molecule has 5 heteroatoms. The van der Waals surface area contributed by atoms with Crippen LogP contribution < -0.4 is 0 Å². The van der Waals surface area contributed by atoms with Gasteiger partial charge >= 0.3 is 5.97 Å².